The fourth-order valence-corrected chi connectivity index (χ4v) is 2.48. The van der Waals surface area contributed by atoms with E-state index in [1.807, 2.05) is 0 Å². The molecule has 2 amide bonds. The Bertz CT molecular complexity index is 294. The van der Waals surface area contributed by atoms with E-state index in [-0.39, 0.29) is 11.8 Å². The first-order chi connectivity index (χ1) is 8.00. The lowest BCUT2D eigenvalue weighted by Crippen LogP contribution is -2.63. The zero-order chi connectivity index (χ0) is 12.9. The average molecular weight is 260 g/mol. The average Bonchev–Trinajstić information content (AvgIpc) is 2.28. The van der Waals surface area contributed by atoms with Gasteiger partial charge < -0.3 is 15.0 Å². The van der Waals surface area contributed by atoms with E-state index in [4.69, 9.17) is 4.74 Å². The van der Waals surface area contributed by atoms with Crippen LogP contribution in [0.1, 0.15) is 13.8 Å². The highest BCUT2D eigenvalue weighted by Gasteiger charge is 2.39. The van der Waals surface area contributed by atoms with Gasteiger partial charge in [-0.3, -0.25) is 9.59 Å². The Labute approximate surface area is 106 Å². The molecule has 98 valence electrons. The largest absolute Gasteiger partial charge is 0.384 e. The molecule has 17 heavy (non-hydrogen) atoms. The second kappa shape index (κ2) is 6.26. The fourth-order valence-electron chi connectivity index (χ4n) is 1.72. The van der Waals surface area contributed by atoms with Crippen molar-refractivity contribution in [1.29, 1.82) is 0 Å². The van der Waals surface area contributed by atoms with Gasteiger partial charge in [-0.05, 0) is 13.8 Å². The molecule has 0 spiro atoms. The highest BCUT2D eigenvalue weighted by molar-refractivity contribution is 7.99. The van der Waals surface area contributed by atoms with Crippen LogP contribution >= 0.6 is 11.8 Å². The van der Waals surface area contributed by atoms with Crippen molar-refractivity contribution in [1.82, 2.24) is 10.2 Å². The molecule has 0 aromatic carbocycles. The van der Waals surface area contributed by atoms with Crippen LogP contribution in [-0.2, 0) is 14.3 Å². The van der Waals surface area contributed by atoms with Gasteiger partial charge in [0.1, 0.15) is 5.54 Å². The quantitative estimate of drug-likeness (QED) is 0.713. The number of amides is 2. The van der Waals surface area contributed by atoms with Gasteiger partial charge in [-0.1, -0.05) is 0 Å². The van der Waals surface area contributed by atoms with Gasteiger partial charge in [0.05, 0.1) is 12.4 Å². The second-order valence-electron chi connectivity index (χ2n) is 4.41. The van der Waals surface area contributed by atoms with E-state index >= 15 is 0 Å². The van der Waals surface area contributed by atoms with E-state index in [2.05, 4.69) is 5.32 Å². The first-order valence-corrected chi connectivity index (χ1v) is 6.81. The lowest BCUT2D eigenvalue weighted by atomic mass is 9.99. The molecule has 0 aromatic heterocycles. The summed E-state index contributed by atoms with van der Waals surface area (Å²) in [6.07, 6.45) is 0. The normalized spacial score (nSPS) is 19.0. The van der Waals surface area contributed by atoms with Gasteiger partial charge in [-0.2, -0.15) is 0 Å². The Morgan fingerprint density at radius 3 is 2.94 bits per heavy atom. The molecule has 1 heterocycles. The molecule has 6 heteroatoms. The van der Waals surface area contributed by atoms with Gasteiger partial charge in [-0.25, -0.2) is 0 Å². The number of carbonyl (C=O) groups excluding carboxylic acids is 2. The molecule has 0 aliphatic carbocycles. The van der Waals surface area contributed by atoms with Crippen molar-refractivity contribution in [2.45, 2.75) is 19.4 Å². The van der Waals surface area contributed by atoms with Crippen LogP contribution in [0.3, 0.4) is 0 Å². The third kappa shape index (κ3) is 3.61. The zero-order valence-electron chi connectivity index (χ0n) is 10.6. The molecule has 0 aromatic rings. The first kappa shape index (κ1) is 14.3. The minimum Gasteiger partial charge on any atom is -0.384 e. The van der Waals surface area contributed by atoms with Gasteiger partial charge in [0.15, 0.2) is 0 Å². The van der Waals surface area contributed by atoms with Crippen molar-refractivity contribution >= 4 is 23.6 Å². The number of carbonyl (C=O) groups is 2. The van der Waals surface area contributed by atoms with E-state index in [1.54, 1.807) is 25.9 Å². The number of ether oxygens (including phenoxy) is 1. The molecule has 0 radical (unpaired) electrons. The van der Waals surface area contributed by atoms with Crippen LogP contribution in [0.15, 0.2) is 0 Å². The fraction of sp³-hybridized carbons (Fsp3) is 0.818. The summed E-state index contributed by atoms with van der Waals surface area (Å²) in [6.45, 7) is 5.32. The van der Waals surface area contributed by atoms with Gasteiger partial charge in [-0.15, -0.1) is 11.8 Å². The number of hydrogen-bond donors (Lipinski definition) is 1. The Morgan fingerprint density at radius 1 is 1.59 bits per heavy atom. The maximum atomic E-state index is 12.0. The van der Waals surface area contributed by atoms with E-state index in [9.17, 15) is 9.59 Å². The minimum atomic E-state index is -0.739. The number of thioether (sulfide) groups is 1. The molecule has 1 N–H and O–H groups in total. The summed E-state index contributed by atoms with van der Waals surface area (Å²) in [5.41, 5.74) is -0.739. The topological polar surface area (TPSA) is 58.6 Å². The molecule has 0 atom stereocenters. The van der Waals surface area contributed by atoms with Crippen LogP contribution in [0.5, 0.6) is 0 Å². The highest BCUT2D eigenvalue weighted by atomic mass is 32.2. The third-order valence-corrected chi connectivity index (χ3v) is 3.72. The van der Waals surface area contributed by atoms with Crippen LogP contribution in [-0.4, -0.2) is 60.6 Å². The number of nitrogens with one attached hydrogen (secondary N) is 1. The maximum absolute atomic E-state index is 12.0. The van der Waals surface area contributed by atoms with Gasteiger partial charge >= 0.3 is 0 Å². The number of piperazine rings is 1. The summed E-state index contributed by atoms with van der Waals surface area (Å²) < 4.78 is 4.92. The van der Waals surface area contributed by atoms with Crippen LogP contribution < -0.4 is 5.32 Å². The second-order valence-corrected chi connectivity index (χ2v) is 5.51. The van der Waals surface area contributed by atoms with E-state index in [0.29, 0.717) is 25.4 Å². The zero-order valence-corrected chi connectivity index (χ0v) is 11.4. The van der Waals surface area contributed by atoms with Crippen molar-refractivity contribution < 1.29 is 14.3 Å². The van der Waals surface area contributed by atoms with Crippen molar-refractivity contribution in [3.63, 3.8) is 0 Å². The van der Waals surface area contributed by atoms with Gasteiger partial charge in [0.2, 0.25) is 11.8 Å². The number of methoxy groups -OCH3 is 1. The smallest absolute Gasteiger partial charge is 0.245 e. The number of hydrogen-bond acceptors (Lipinski definition) is 4. The Kier molecular flexibility index (Phi) is 5.27. The summed E-state index contributed by atoms with van der Waals surface area (Å²) in [5.74, 6) is 1.13. The molecule has 1 saturated heterocycles. The molecule has 0 unspecified atom stereocenters. The van der Waals surface area contributed by atoms with E-state index < -0.39 is 5.54 Å². The number of rotatable bonds is 5. The SMILES string of the molecule is COCCSCC(=O)N1CCNC(=O)C1(C)C. The van der Waals surface area contributed by atoms with Crippen molar-refractivity contribution in [3.8, 4) is 0 Å². The maximum Gasteiger partial charge on any atom is 0.245 e. The molecule has 1 fully saturated rings. The number of nitrogens with zero attached hydrogens (tertiary/aromatic N) is 1. The van der Waals surface area contributed by atoms with Crippen LogP contribution in [0.4, 0.5) is 0 Å². The highest BCUT2D eigenvalue weighted by Crippen LogP contribution is 2.19. The first-order valence-electron chi connectivity index (χ1n) is 5.65. The summed E-state index contributed by atoms with van der Waals surface area (Å²) in [5, 5.41) is 2.77. The minimum absolute atomic E-state index is 0.0194. The Balaban J connectivity index is 2.47. The van der Waals surface area contributed by atoms with Crippen molar-refractivity contribution in [2.24, 2.45) is 0 Å². The van der Waals surface area contributed by atoms with E-state index in [0.717, 1.165) is 5.75 Å². The van der Waals surface area contributed by atoms with Gasteiger partial charge in [0.25, 0.3) is 0 Å². The lowest BCUT2D eigenvalue weighted by molar-refractivity contribution is -0.147. The molecular weight excluding hydrogens is 240 g/mol. The summed E-state index contributed by atoms with van der Waals surface area (Å²) >= 11 is 1.53. The Morgan fingerprint density at radius 2 is 2.29 bits per heavy atom. The molecule has 5 nitrogen and oxygen atoms in total. The lowest BCUT2D eigenvalue weighted by Gasteiger charge is -2.41. The molecule has 0 saturated carbocycles. The third-order valence-electron chi connectivity index (χ3n) is 2.81. The summed E-state index contributed by atoms with van der Waals surface area (Å²) in [6, 6.07) is 0. The van der Waals surface area contributed by atoms with E-state index in [1.165, 1.54) is 11.8 Å². The van der Waals surface area contributed by atoms with Crippen LogP contribution in [0, 0.1) is 0 Å². The summed E-state index contributed by atoms with van der Waals surface area (Å²) in [4.78, 5) is 25.3. The molecule has 1 aliphatic heterocycles. The van der Waals surface area contributed by atoms with Crippen LogP contribution in [0.2, 0.25) is 0 Å². The standard InChI is InChI=1S/C11H20N2O3S/c1-11(2)10(15)12-4-5-13(11)9(14)8-17-7-6-16-3/h4-8H2,1-3H3,(H,12,15). The predicted octanol–water partition coefficient (Wildman–Crippen LogP) is 0.103. The Hall–Kier alpha value is -0.750. The summed E-state index contributed by atoms with van der Waals surface area (Å²) in [7, 11) is 1.64. The van der Waals surface area contributed by atoms with Crippen molar-refractivity contribution in [3.05, 3.63) is 0 Å². The van der Waals surface area contributed by atoms with Crippen LogP contribution in [0.25, 0.3) is 0 Å². The predicted molar refractivity (Wildman–Crippen MR) is 68.0 cm³/mol. The molecule has 1 aliphatic rings. The molecule has 1 rings (SSSR count). The monoisotopic (exact) mass is 260 g/mol. The molecule has 0 bridgehead atoms. The van der Waals surface area contributed by atoms with Crippen molar-refractivity contribution in [2.75, 3.05) is 38.3 Å². The molecular formula is C11H20N2O3S. The van der Waals surface area contributed by atoms with Gasteiger partial charge in [0, 0.05) is 26.0 Å².